The standard InChI is InChI=1S/C13H20N2O/c1-3-10(2)13(16)15-9-12-7-5-4-6-11(12)8-14/h4-7,10H,3,8-9,14H2,1-2H3,(H,15,16). The third-order valence-electron chi connectivity index (χ3n) is 2.85. The van der Waals surface area contributed by atoms with Gasteiger partial charge in [-0.25, -0.2) is 0 Å². The van der Waals surface area contributed by atoms with Crippen LogP contribution in [-0.4, -0.2) is 5.91 Å². The fraction of sp³-hybridized carbons (Fsp3) is 0.462. The van der Waals surface area contributed by atoms with Gasteiger partial charge >= 0.3 is 0 Å². The molecule has 0 aromatic heterocycles. The summed E-state index contributed by atoms with van der Waals surface area (Å²) in [5, 5.41) is 2.93. The number of hydrogen-bond donors (Lipinski definition) is 2. The van der Waals surface area contributed by atoms with Crippen molar-refractivity contribution in [1.29, 1.82) is 0 Å². The molecule has 3 nitrogen and oxygen atoms in total. The van der Waals surface area contributed by atoms with E-state index >= 15 is 0 Å². The Hall–Kier alpha value is -1.35. The summed E-state index contributed by atoms with van der Waals surface area (Å²) in [7, 11) is 0. The van der Waals surface area contributed by atoms with Crippen molar-refractivity contribution < 1.29 is 4.79 Å². The second kappa shape index (κ2) is 6.28. The molecule has 0 aliphatic heterocycles. The minimum Gasteiger partial charge on any atom is -0.352 e. The Morgan fingerprint density at radius 3 is 2.56 bits per heavy atom. The highest BCUT2D eigenvalue weighted by Gasteiger charge is 2.10. The Balaban J connectivity index is 2.57. The predicted molar refractivity (Wildman–Crippen MR) is 65.6 cm³/mol. The van der Waals surface area contributed by atoms with E-state index in [4.69, 9.17) is 5.73 Å². The second-order valence-electron chi connectivity index (χ2n) is 4.00. The quantitative estimate of drug-likeness (QED) is 0.795. The van der Waals surface area contributed by atoms with E-state index in [2.05, 4.69) is 5.32 Å². The first kappa shape index (κ1) is 12.7. The van der Waals surface area contributed by atoms with Gasteiger partial charge in [-0.05, 0) is 17.5 Å². The first-order chi connectivity index (χ1) is 7.69. The van der Waals surface area contributed by atoms with Gasteiger partial charge in [-0.15, -0.1) is 0 Å². The molecule has 0 bridgehead atoms. The van der Waals surface area contributed by atoms with Gasteiger partial charge in [0.15, 0.2) is 0 Å². The summed E-state index contributed by atoms with van der Waals surface area (Å²) in [6.45, 7) is 5.02. The van der Waals surface area contributed by atoms with Gasteiger partial charge in [0, 0.05) is 19.0 Å². The van der Waals surface area contributed by atoms with Crippen LogP contribution in [0.3, 0.4) is 0 Å². The summed E-state index contributed by atoms with van der Waals surface area (Å²) in [4.78, 5) is 11.6. The monoisotopic (exact) mass is 220 g/mol. The minimum absolute atomic E-state index is 0.0741. The molecule has 0 spiro atoms. The lowest BCUT2D eigenvalue weighted by atomic mass is 10.1. The summed E-state index contributed by atoms with van der Waals surface area (Å²) in [6, 6.07) is 7.91. The zero-order valence-electron chi connectivity index (χ0n) is 9.99. The average Bonchev–Trinajstić information content (AvgIpc) is 2.35. The van der Waals surface area contributed by atoms with Crippen LogP contribution in [0, 0.1) is 5.92 Å². The number of rotatable bonds is 5. The zero-order chi connectivity index (χ0) is 12.0. The van der Waals surface area contributed by atoms with Gasteiger partial charge < -0.3 is 11.1 Å². The fourth-order valence-electron chi connectivity index (χ4n) is 1.47. The van der Waals surface area contributed by atoms with E-state index in [1.165, 1.54) is 0 Å². The number of nitrogens with one attached hydrogen (secondary N) is 1. The second-order valence-corrected chi connectivity index (χ2v) is 4.00. The van der Waals surface area contributed by atoms with Crippen molar-refractivity contribution in [3.8, 4) is 0 Å². The zero-order valence-corrected chi connectivity index (χ0v) is 9.99. The maximum absolute atomic E-state index is 11.6. The molecule has 0 radical (unpaired) electrons. The molecule has 88 valence electrons. The third kappa shape index (κ3) is 3.35. The molecule has 1 unspecified atom stereocenters. The molecule has 0 aliphatic carbocycles. The molecular weight excluding hydrogens is 200 g/mol. The Bertz CT molecular complexity index is 350. The molecule has 1 rings (SSSR count). The van der Waals surface area contributed by atoms with Gasteiger partial charge in [-0.3, -0.25) is 4.79 Å². The molecule has 0 saturated carbocycles. The smallest absolute Gasteiger partial charge is 0.223 e. The molecule has 1 amide bonds. The van der Waals surface area contributed by atoms with Crippen LogP contribution in [-0.2, 0) is 17.9 Å². The van der Waals surface area contributed by atoms with Crippen molar-refractivity contribution in [1.82, 2.24) is 5.32 Å². The van der Waals surface area contributed by atoms with Crippen LogP contribution >= 0.6 is 0 Å². The van der Waals surface area contributed by atoms with Crippen LogP contribution in [0.15, 0.2) is 24.3 Å². The Morgan fingerprint density at radius 2 is 2.00 bits per heavy atom. The van der Waals surface area contributed by atoms with Crippen LogP contribution in [0.25, 0.3) is 0 Å². The van der Waals surface area contributed by atoms with Crippen molar-refractivity contribution in [3.05, 3.63) is 35.4 Å². The van der Waals surface area contributed by atoms with Crippen molar-refractivity contribution in [3.63, 3.8) is 0 Å². The minimum atomic E-state index is 0.0741. The number of carbonyl (C=O) groups is 1. The highest BCUT2D eigenvalue weighted by atomic mass is 16.1. The van der Waals surface area contributed by atoms with Crippen molar-refractivity contribution in [2.75, 3.05) is 0 Å². The number of nitrogens with two attached hydrogens (primary N) is 1. The summed E-state index contributed by atoms with van der Waals surface area (Å²) < 4.78 is 0. The van der Waals surface area contributed by atoms with Crippen molar-refractivity contribution in [2.45, 2.75) is 33.4 Å². The molecule has 0 fully saturated rings. The lowest BCUT2D eigenvalue weighted by molar-refractivity contribution is -0.124. The van der Waals surface area contributed by atoms with E-state index in [1.807, 2.05) is 38.1 Å². The van der Waals surface area contributed by atoms with Crippen LogP contribution in [0.5, 0.6) is 0 Å². The third-order valence-corrected chi connectivity index (χ3v) is 2.85. The Kier molecular flexibility index (Phi) is 4.99. The number of hydrogen-bond acceptors (Lipinski definition) is 2. The predicted octanol–water partition coefficient (Wildman–Crippen LogP) is 1.81. The largest absolute Gasteiger partial charge is 0.352 e. The summed E-state index contributed by atoms with van der Waals surface area (Å²) >= 11 is 0. The molecule has 1 aromatic carbocycles. The lowest BCUT2D eigenvalue weighted by Crippen LogP contribution is -2.28. The maximum Gasteiger partial charge on any atom is 0.223 e. The maximum atomic E-state index is 11.6. The van der Waals surface area contributed by atoms with Gasteiger partial charge in [0.05, 0.1) is 0 Å². The van der Waals surface area contributed by atoms with E-state index in [0.717, 1.165) is 17.5 Å². The molecule has 3 N–H and O–H groups in total. The number of carbonyl (C=O) groups excluding carboxylic acids is 1. The first-order valence-corrected chi connectivity index (χ1v) is 5.73. The topological polar surface area (TPSA) is 55.1 Å². The van der Waals surface area contributed by atoms with Crippen LogP contribution in [0.4, 0.5) is 0 Å². The first-order valence-electron chi connectivity index (χ1n) is 5.73. The average molecular weight is 220 g/mol. The number of amides is 1. The number of benzene rings is 1. The van der Waals surface area contributed by atoms with Gasteiger partial charge in [0.1, 0.15) is 0 Å². The van der Waals surface area contributed by atoms with E-state index in [1.54, 1.807) is 0 Å². The van der Waals surface area contributed by atoms with Crippen molar-refractivity contribution in [2.24, 2.45) is 11.7 Å². The van der Waals surface area contributed by atoms with E-state index in [9.17, 15) is 4.79 Å². The van der Waals surface area contributed by atoms with Gasteiger partial charge in [-0.1, -0.05) is 38.1 Å². The normalized spacial score (nSPS) is 12.2. The highest BCUT2D eigenvalue weighted by Crippen LogP contribution is 2.08. The molecule has 1 aromatic rings. The Labute approximate surface area is 97.0 Å². The van der Waals surface area contributed by atoms with E-state index < -0.39 is 0 Å². The molecule has 0 aliphatic rings. The SMILES string of the molecule is CCC(C)C(=O)NCc1ccccc1CN. The van der Waals surface area contributed by atoms with E-state index in [-0.39, 0.29) is 11.8 Å². The lowest BCUT2D eigenvalue weighted by Gasteiger charge is -2.12. The van der Waals surface area contributed by atoms with Crippen molar-refractivity contribution >= 4 is 5.91 Å². The van der Waals surface area contributed by atoms with Gasteiger partial charge in [-0.2, -0.15) is 0 Å². The fourth-order valence-corrected chi connectivity index (χ4v) is 1.47. The van der Waals surface area contributed by atoms with Crippen LogP contribution < -0.4 is 11.1 Å². The molecule has 3 heteroatoms. The molecule has 1 atom stereocenters. The molecule has 0 saturated heterocycles. The summed E-state index contributed by atoms with van der Waals surface area (Å²) in [6.07, 6.45) is 0.865. The van der Waals surface area contributed by atoms with Crippen LogP contribution in [0.1, 0.15) is 31.4 Å². The Morgan fingerprint density at radius 1 is 1.38 bits per heavy atom. The van der Waals surface area contributed by atoms with Gasteiger partial charge in [0.2, 0.25) is 5.91 Å². The molecule has 0 heterocycles. The summed E-state index contributed by atoms with van der Waals surface area (Å²) in [5.74, 6) is 0.180. The van der Waals surface area contributed by atoms with E-state index in [0.29, 0.717) is 13.1 Å². The summed E-state index contributed by atoms with van der Waals surface area (Å²) in [5.41, 5.74) is 7.82. The van der Waals surface area contributed by atoms with Crippen LogP contribution in [0.2, 0.25) is 0 Å². The van der Waals surface area contributed by atoms with Gasteiger partial charge in [0.25, 0.3) is 0 Å². The molecule has 16 heavy (non-hydrogen) atoms. The molecular formula is C13H20N2O. The highest BCUT2D eigenvalue weighted by molar-refractivity contribution is 5.78.